The van der Waals surface area contributed by atoms with Crippen molar-refractivity contribution in [1.29, 1.82) is 5.26 Å². The summed E-state index contributed by atoms with van der Waals surface area (Å²) in [7, 11) is 0. The summed E-state index contributed by atoms with van der Waals surface area (Å²) in [5, 5.41) is 13.2. The fraction of sp³-hybridized carbons (Fsp3) is 0.278. The van der Waals surface area contributed by atoms with Crippen molar-refractivity contribution in [1.82, 2.24) is 0 Å². The number of hydrogen-bond acceptors (Lipinski definition) is 2. The minimum atomic E-state index is 0.304. The summed E-state index contributed by atoms with van der Waals surface area (Å²) in [6.45, 7) is 2.10. The van der Waals surface area contributed by atoms with Gasteiger partial charge in [0, 0.05) is 5.69 Å². The Morgan fingerprint density at radius 3 is 2.52 bits per heavy atom. The van der Waals surface area contributed by atoms with Crippen molar-refractivity contribution < 1.29 is 0 Å². The van der Waals surface area contributed by atoms with Gasteiger partial charge in [-0.05, 0) is 49.4 Å². The molecule has 0 radical (unpaired) electrons. The zero-order valence-electron chi connectivity index (χ0n) is 11.9. The van der Waals surface area contributed by atoms with Crippen LogP contribution in [0, 0.1) is 24.2 Å². The Balaban J connectivity index is 1.86. The second kappa shape index (κ2) is 5.79. The molecule has 2 nitrogen and oxygen atoms in total. The van der Waals surface area contributed by atoms with E-state index in [0.29, 0.717) is 22.5 Å². The van der Waals surface area contributed by atoms with Crippen LogP contribution in [0.5, 0.6) is 0 Å². The maximum atomic E-state index is 9.08. The standard InChI is InChI=1S/C18H17ClN2/c1-12-2-4-13(5-3-12)18(14-6-7-14)21-16-8-9-17(19)15(10-16)11-20/h2-5,8-10,14,18,21H,6-7H2,1H3. The highest BCUT2D eigenvalue weighted by atomic mass is 35.5. The van der Waals surface area contributed by atoms with E-state index in [0.717, 1.165) is 5.69 Å². The fourth-order valence-electron chi connectivity index (χ4n) is 2.56. The van der Waals surface area contributed by atoms with Gasteiger partial charge in [-0.15, -0.1) is 0 Å². The van der Waals surface area contributed by atoms with E-state index in [-0.39, 0.29) is 0 Å². The van der Waals surface area contributed by atoms with Gasteiger partial charge in [0.15, 0.2) is 0 Å². The number of anilines is 1. The molecule has 2 aromatic rings. The molecule has 0 aliphatic heterocycles. The van der Waals surface area contributed by atoms with Crippen molar-refractivity contribution in [3.63, 3.8) is 0 Å². The van der Waals surface area contributed by atoms with Gasteiger partial charge in [-0.3, -0.25) is 0 Å². The van der Waals surface area contributed by atoms with Gasteiger partial charge >= 0.3 is 0 Å². The smallest absolute Gasteiger partial charge is 0.101 e. The monoisotopic (exact) mass is 296 g/mol. The molecule has 3 rings (SSSR count). The predicted octanol–water partition coefficient (Wildman–Crippen LogP) is 5.08. The van der Waals surface area contributed by atoms with E-state index in [1.165, 1.54) is 24.0 Å². The highest BCUT2D eigenvalue weighted by Gasteiger charge is 2.32. The molecule has 0 saturated heterocycles. The molecule has 0 amide bonds. The first-order valence-electron chi connectivity index (χ1n) is 7.20. The van der Waals surface area contributed by atoms with Gasteiger partial charge < -0.3 is 5.32 Å². The summed E-state index contributed by atoms with van der Waals surface area (Å²) in [4.78, 5) is 0. The molecule has 21 heavy (non-hydrogen) atoms. The number of aryl methyl sites for hydroxylation is 1. The quantitative estimate of drug-likeness (QED) is 0.853. The average molecular weight is 297 g/mol. The van der Waals surface area contributed by atoms with Crippen molar-refractivity contribution in [2.75, 3.05) is 5.32 Å². The normalized spacial score (nSPS) is 15.3. The first-order valence-corrected chi connectivity index (χ1v) is 7.58. The number of nitrogens with zero attached hydrogens (tertiary/aromatic N) is 1. The van der Waals surface area contributed by atoms with Crippen LogP contribution in [-0.2, 0) is 0 Å². The number of nitriles is 1. The molecular formula is C18H17ClN2. The van der Waals surface area contributed by atoms with Gasteiger partial charge in [0.1, 0.15) is 6.07 Å². The Bertz CT molecular complexity index is 681. The second-order valence-electron chi connectivity index (χ2n) is 5.68. The molecule has 1 unspecified atom stereocenters. The topological polar surface area (TPSA) is 35.8 Å². The highest BCUT2D eigenvalue weighted by Crippen LogP contribution is 2.43. The largest absolute Gasteiger partial charge is 0.378 e. The van der Waals surface area contributed by atoms with E-state index in [9.17, 15) is 0 Å². The maximum Gasteiger partial charge on any atom is 0.101 e. The van der Waals surface area contributed by atoms with E-state index in [4.69, 9.17) is 16.9 Å². The molecule has 1 N–H and O–H groups in total. The Labute approximate surface area is 130 Å². The third kappa shape index (κ3) is 3.20. The lowest BCUT2D eigenvalue weighted by molar-refractivity contribution is 0.679. The number of halogens is 1. The predicted molar refractivity (Wildman–Crippen MR) is 86.4 cm³/mol. The van der Waals surface area contributed by atoms with Gasteiger partial charge in [-0.1, -0.05) is 41.4 Å². The molecule has 2 aromatic carbocycles. The minimum absolute atomic E-state index is 0.304. The molecule has 0 spiro atoms. The van der Waals surface area contributed by atoms with Crippen LogP contribution in [0.15, 0.2) is 42.5 Å². The van der Waals surface area contributed by atoms with E-state index >= 15 is 0 Å². The summed E-state index contributed by atoms with van der Waals surface area (Å²) in [5.74, 6) is 0.675. The Kier molecular flexibility index (Phi) is 3.86. The van der Waals surface area contributed by atoms with Crippen LogP contribution in [0.25, 0.3) is 0 Å². The van der Waals surface area contributed by atoms with Gasteiger partial charge in [0.2, 0.25) is 0 Å². The van der Waals surface area contributed by atoms with Crippen molar-refractivity contribution in [3.8, 4) is 6.07 Å². The Morgan fingerprint density at radius 1 is 1.19 bits per heavy atom. The molecule has 1 atom stereocenters. The van der Waals surface area contributed by atoms with Crippen molar-refractivity contribution >= 4 is 17.3 Å². The van der Waals surface area contributed by atoms with E-state index in [2.05, 4.69) is 42.6 Å². The lowest BCUT2D eigenvalue weighted by Gasteiger charge is -2.20. The van der Waals surface area contributed by atoms with Crippen LogP contribution in [0.1, 0.15) is 35.6 Å². The average Bonchev–Trinajstić information content (AvgIpc) is 3.32. The molecule has 106 valence electrons. The molecule has 1 fully saturated rings. The van der Waals surface area contributed by atoms with Gasteiger partial charge in [0.25, 0.3) is 0 Å². The van der Waals surface area contributed by atoms with Crippen LogP contribution in [0.3, 0.4) is 0 Å². The zero-order valence-corrected chi connectivity index (χ0v) is 12.7. The van der Waals surface area contributed by atoms with Gasteiger partial charge in [-0.2, -0.15) is 5.26 Å². The molecule has 0 aromatic heterocycles. The lowest BCUT2D eigenvalue weighted by atomic mass is 10.0. The number of hydrogen-bond donors (Lipinski definition) is 1. The summed E-state index contributed by atoms with van der Waals surface area (Å²) in [6, 6.07) is 16.6. The van der Waals surface area contributed by atoms with Gasteiger partial charge in [0.05, 0.1) is 16.6 Å². The fourth-order valence-corrected chi connectivity index (χ4v) is 2.72. The van der Waals surface area contributed by atoms with Crippen molar-refractivity contribution in [3.05, 3.63) is 64.2 Å². The van der Waals surface area contributed by atoms with E-state index < -0.39 is 0 Å². The summed E-state index contributed by atoms with van der Waals surface area (Å²) >= 11 is 5.99. The van der Waals surface area contributed by atoms with E-state index in [1.807, 2.05) is 12.1 Å². The summed E-state index contributed by atoms with van der Waals surface area (Å²) < 4.78 is 0. The van der Waals surface area contributed by atoms with Crippen LogP contribution in [0.2, 0.25) is 5.02 Å². The Morgan fingerprint density at radius 2 is 1.90 bits per heavy atom. The third-order valence-corrected chi connectivity index (χ3v) is 4.27. The first-order chi connectivity index (χ1) is 10.2. The first kappa shape index (κ1) is 14.0. The third-order valence-electron chi connectivity index (χ3n) is 3.94. The number of rotatable bonds is 4. The van der Waals surface area contributed by atoms with Crippen LogP contribution < -0.4 is 5.32 Å². The van der Waals surface area contributed by atoms with Crippen LogP contribution in [0.4, 0.5) is 5.69 Å². The minimum Gasteiger partial charge on any atom is -0.378 e. The highest BCUT2D eigenvalue weighted by molar-refractivity contribution is 6.31. The molecule has 0 bridgehead atoms. The Hall–Kier alpha value is -1.98. The summed E-state index contributed by atoms with van der Waals surface area (Å²) in [6.07, 6.45) is 2.51. The number of benzene rings is 2. The van der Waals surface area contributed by atoms with Gasteiger partial charge in [-0.25, -0.2) is 0 Å². The molecule has 1 saturated carbocycles. The molecule has 1 aliphatic rings. The second-order valence-corrected chi connectivity index (χ2v) is 6.08. The van der Waals surface area contributed by atoms with Crippen molar-refractivity contribution in [2.45, 2.75) is 25.8 Å². The maximum absolute atomic E-state index is 9.08. The van der Waals surface area contributed by atoms with E-state index in [1.54, 1.807) is 6.07 Å². The van der Waals surface area contributed by atoms with Crippen LogP contribution >= 0.6 is 11.6 Å². The lowest BCUT2D eigenvalue weighted by Crippen LogP contribution is -2.13. The molecular weight excluding hydrogens is 280 g/mol. The van der Waals surface area contributed by atoms with Crippen LogP contribution in [-0.4, -0.2) is 0 Å². The molecule has 0 heterocycles. The SMILES string of the molecule is Cc1ccc(C(Nc2ccc(Cl)c(C#N)c2)C2CC2)cc1. The molecule has 3 heteroatoms. The number of nitrogens with one attached hydrogen (secondary N) is 1. The molecule has 1 aliphatic carbocycles. The zero-order chi connectivity index (χ0) is 14.8. The van der Waals surface area contributed by atoms with Crippen molar-refractivity contribution in [2.24, 2.45) is 5.92 Å². The summed E-state index contributed by atoms with van der Waals surface area (Å²) in [5.41, 5.74) is 4.04.